The number of carbonyl (C=O) groups is 2. The van der Waals surface area contributed by atoms with Crippen molar-refractivity contribution in [3.8, 4) is 11.5 Å². The fourth-order valence-corrected chi connectivity index (χ4v) is 5.42. The molecule has 0 aliphatic carbocycles. The highest BCUT2D eigenvalue weighted by molar-refractivity contribution is 5.92. The zero-order chi connectivity index (χ0) is 25.4. The van der Waals surface area contributed by atoms with Crippen LogP contribution in [0.15, 0.2) is 48.5 Å². The molecular formula is C29H39N3O4. The molecule has 1 spiro atoms. The highest BCUT2D eigenvalue weighted by Crippen LogP contribution is 2.39. The van der Waals surface area contributed by atoms with Gasteiger partial charge in [-0.15, -0.1) is 0 Å². The van der Waals surface area contributed by atoms with Gasteiger partial charge in [-0.3, -0.25) is 14.5 Å². The number of likely N-dealkylation sites (tertiary alicyclic amines) is 1. The summed E-state index contributed by atoms with van der Waals surface area (Å²) < 4.78 is 11.3. The summed E-state index contributed by atoms with van der Waals surface area (Å²) in [5.41, 5.74) is 1.66. The van der Waals surface area contributed by atoms with Gasteiger partial charge < -0.3 is 19.7 Å². The Labute approximate surface area is 214 Å². The van der Waals surface area contributed by atoms with Crippen LogP contribution in [0.25, 0.3) is 0 Å². The largest absolute Gasteiger partial charge is 0.497 e. The number of benzene rings is 2. The van der Waals surface area contributed by atoms with E-state index in [4.69, 9.17) is 9.47 Å². The Balaban J connectivity index is 1.37. The Kier molecular flexibility index (Phi) is 8.86. The monoisotopic (exact) mass is 493 g/mol. The van der Waals surface area contributed by atoms with E-state index < -0.39 is 0 Å². The van der Waals surface area contributed by atoms with Gasteiger partial charge in [0.05, 0.1) is 25.6 Å². The minimum atomic E-state index is -0.350. The first-order valence-corrected chi connectivity index (χ1v) is 13.2. The third-order valence-corrected chi connectivity index (χ3v) is 7.62. The van der Waals surface area contributed by atoms with E-state index >= 15 is 0 Å². The third kappa shape index (κ3) is 6.38. The van der Waals surface area contributed by atoms with E-state index in [1.165, 1.54) is 5.56 Å². The Morgan fingerprint density at radius 1 is 1.03 bits per heavy atom. The fourth-order valence-electron chi connectivity index (χ4n) is 5.42. The minimum absolute atomic E-state index is 0.0351. The lowest BCUT2D eigenvalue weighted by Gasteiger charge is -2.43. The quantitative estimate of drug-likeness (QED) is 0.670. The van der Waals surface area contributed by atoms with E-state index in [1.54, 1.807) is 7.11 Å². The molecule has 2 aliphatic heterocycles. The highest BCUT2D eigenvalue weighted by atomic mass is 16.5. The number of likely N-dealkylation sites (N-methyl/N-ethyl adjacent to an activating group) is 1. The molecule has 2 aliphatic rings. The molecule has 0 radical (unpaired) electrons. The summed E-state index contributed by atoms with van der Waals surface area (Å²) in [4.78, 5) is 30.6. The number of carbonyl (C=O) groups excluding carboxylic acids is 2. The molecule has 1 fully saturated rings. The molecule has 0 bridgehead atoms. The van der Waals surface area contributed by atoms with Crippen LogP contribution in [0.2, 0.25) is 0 Å². The maximum absolute atomic E-state index is 13.8. The number of methoxy groups -OCH3 is 1. The van der Waals surface area contributed by atoms with Gasteiger partial charge in [0, 0.05) is 12.2 Å². The molecule has 2 aromatic carbocycles. The van der Waals surface area contributed by atoms with Crippen LogP contribution < -0.4 is 14.8 Å². The van der Waals surface area contributed by atoms with Gasteiger partial charge in [0.1, 0.15) is 18.1 Å². The van der Waals surface area contributed by atoms with Crippen molar-refractivity contribution in [2.45, 2.75) is 45.4 Å². The number of anilines is 1. The molecule has 0 aromatic heterocycles. The molecule has 0 unspecified atom stereocenters. The number of ether oxygens (including phenoxy) is 2. The second-order valence-corrected chi connectivity index (χ2v) is 9.88. The number of aryl methyl sites for hydroxylation is 1. The lowest BCUT2D eigenvalue weighted by molar-refractivity contribution is -0.146. The van der Waals surface area contributed by atoms with Gasteiger partial charge >= 0.3 is 0 Å². The summed E-state index contributed by atoms with van der Waals surface area (Å²) in [6.45, 7) is 5.66. The van der Waals surface area contributed by atoms with Gasteiger partial charge in [-0.05, 0) is 88.0 Å². The molecule has 2 heterocycles. The number of nitrogens with zero attached hydrogens (tertiary/aromatic N) is 2. The maximum atomic E-state index is 13.8. The van der Waals surface area contributed by atoms with E-state index in [-0.39, 0.29) is 17.2 Å². The van der Waals surface area contributed by atoms with Crippen molar-refractivity contribution in [1.29, 1.82) is 0 Å². The number of hydrogen-bond acceptors (Lipinski definition) is 5. The molecule has 2 amide bonds. The zero-order valence-electron chi connectivity index (χ0n) is 21.6. The molecule has 2 aromatic rings. The van der Waals surface area contributed by atoms with E-state index in [0.717, 1.165) is 68.8 Å². The van der Waals surface area contributed by atoms with Crippen LogP contribution in [0.4, 0.5) is 5.69 Å². The van der Waals surface area contributed by atoms with Crippen molar-refractivity contribution >= 4 is 17.5 Å². The Hall–Kier alpha value is -3.06. The summed E-state index contributed by atoms with van der Waals surface area (Å²) in [5, 5.41) is 2.97. The average molecular weight is 494 g/mol. The number of piperidine rings is 1. The molecule has 194 valence electrons. The van der Waals surface area contributed by atoms with Gasteiger partial charge in [-0.2, -0.15) is 0 Å². The van der Waals surface area contributed by atoms with Gasteiger partial charge in [-0.25, -0.2) is 0 Å². The first-order valence-electron chi connectivity index (χ1n) is 13.2. The molecule has 4 rings (SSSR count). The number of rotatable bonds is 5. The zero-order valence-corrected chi connectivity index (χ0v) is 21.6. The summed E-state index contributed by atoms with van der Waals surface area (Å²) in [5.74, 6) is 1.92. The smallest absolute Gasteiger partial charge is 0.238 e. The van der Waals surface area contributed by atoms with Crippen LogP contribution in [0.5, 0.6) is 11.5 Å². The Morgan fingerprint density at radius 3 is 2.50 bits per heavy atom. The first-order chi connectivity index (χ1) is 17.5. The molecule has 1 saturated heterocycles. The number of nitrogens with one attached hydrogen (secondary N) is 1. The fraction of sp³-hybridized carbons (Fsp3) is 0.517. The SMILES string of the molecule is CCN1CCOc2ccccc2CCCCC2(CCN(CC(=O)Nc3ccc(OC)cc3)CC2)C1=O. The van der Waals surface area contributed by atoms with Gasteiger partial charge in [0.2, 0.25) is 11.8 Å². The van der Waals surface area contributed by atoms with Crippen molar-refractivity contribution in [1.82, 2.24) is 9.80 Å². The molecule has 7 heteroatoms. The van der Waals surface area contributed by atoms with Crippen LogP contribution in [-0.4, -0.2) is 68.1 Å². The van der Waals surface area contributed by atoms with Crippen molar-refractivity contribution in [2.75, 3.05) is 51.8 Å². The predicted octanol–water partition coefficient (Wildman–Crippen LogP) is 4.37. The van der Waals surface area contributed by atoms with Gasteiger partial charge in [0.25, 0.3) is 0 Å². The molecule has 0 atom stereocenters. The van der Waals surface area contributed by atoms with Crippen LogP contribution in [0.3, 0.4) is 0 Å². The van der Waals surface area contributed by atoms with Gasteiger partial charge in [-0.1, -0.05) is 24.6 Å². The maximum Gasteiger partial charge on any atom is 0.238 e. The average Bonchev–Trinajstić information content (AvgIpc) is 2.90. The van der Waals surface area contributed by atoms with Gasteiger partial charge in [0.15, 0.2) is 0 Å². The first kappa shape index (κ1) is 26.0. The van der Waals surface area contributed by atoms with Crippen LogP contribution in [0.1, 0.15) is 44.6 Å². The molecule has 1 N–H and O–H groups in total. The van der Waals surface area contributed by atoms with Crippen LogP contribution in [0, 0.1) is 5.41 Å². The number of para-hydroxylation sites is 1. The topological polar surface area (TPSA) is 71.1 Å². The summed E-state index contributed by atoms with van der Waals surface area (Å²) >= 11 is 0. The Morgan fingerprint density at radius 2 is 1.78 bits per heavy atom. The number of amides is 2. The molecular weight excluding hydrogens is 454 g/mol. The third-order valence-electron chi connectivity index (χ3n) is 7.62. The normalized spacial score (nSPS) is 18.9. The number of fused-ring (bicyclic) bond motifs is 1. The second-order valence-electron chi connectivity index (χ2n) is 9.88. The van der Waals surface area contributed by atoms with E-state index in [2.05, 4.69) is 22.3 Å². The van der Waals surface area contributed by atoms with E-state index in [0.29, 0.717) is 26.2 Å². The summed E-state index contributed by atoms with van der Waals surface area (Å²) in [6.07, 6.45) is 5.49. The van der Waals surface area contributed by atoms with Crippen molar-refractivity contribution in [2.24, 2.45) is 5.41 Å². The lowest BCUT2D eigenvalue weighted by atomic mass is 9.73. The lowest BCUT2D eigenvalue weighted by Crippen LogP contribution is -2.52. The molecule has 7 nitrogen and oxygen atoms in total. The summed E-state index contributed by atoms with van der Waals surface area (Å²) in [6, 6.07) is 15.6. The standard InChI is InChI=1S/C29H39N3O4/c1-3-32-20-21-36-26-10-5-4-8-23(26)9-6-7-15-29(28(32)34)16-18-31(19-17-29)22-27(33)30-24-11-13-25(35-2)14-12-24/h4-5,8,10-14H,3,6-7,9,15-22H2,1-2H3,(H,30,33). The number of hydrogen-bond donors (Lipinski definition) is 1. The molecule has 0 saturated carbocycles. The van der Waals surface area contributed by atoms with Crippen molar-refractivity contribution in [3.63, 3.8) is 0 Å². The highest BCUT2D eigenvalue weighted by Gasteiger charge is 2.43. The van der Waals surface area contributed by atoms with E-state index in [9.17, 15) is 9.59 Å². The van der Waals surface area contributed by atoms with Crippen molar-refractivity contribution in [3.05, 3.63) is 54.1 Å². The van der Waals surface area contributed by atoms with E-state index in [1.807, 2.05) is 48.2 Å². The Bertz CT molecular complexity index is 1020. The summed E-state index contributed by atoms with van der Waals surface area (Å²) in [7, 11) is 1.62. The van der Waals surface area contributed by atoms with Crippen LogP contribution in [-0.2, 0) is 16.0 Å². The predicted molar refractivity (Wildman–Crippen MR) is 141 cm³/mol. The molecule has 36 heavy (non-hydrogen) atoms. The second kappa shape index (κ2) is 12.3. The van der Waals surface area contributed by atoms with Crippen molar-refractivity contribution < 1.29 is 19.1 Å². The minimum Gasteiger partial charge on any atom is -0.497 e. The van der Waals surface area contributed by atoms with Crippen LogP contribution >= 0.6 is 0 Å².